The molecule has 0 aliphatic rings. The van der Waals surface area contributed by atoms with Gasteiger partial charge in [0, 0.05) is 0 Å². The van der Waals surface area contributed by atoms with Gasteiger partial charge >= 0.3 is 0 Å². The summed E-state index contributed by atoms with van der Waals surface area (Å²) < 4.78 is 3.02. The van der Waals surface area contributed by atoms with Gasteiger partial charge in [-0.05, 0) is 56.7 Å². The van der Waals surface area contributed by atoms with Gasteiger partial charge in [-0.25, -0.2) is 0 Å². The monoisotopic (exact) mass is 359 g/mol. The van der Waals surface area contributed by atoms with Crippen LogP contribution >= 0.6 is 0 Å². The second-order valence-electron chi connectivity index (χ2n) is 6.80. The van der Waals surface area contributed by atoms with Crippen LogP contribution in [0.25, 0.3) is 0 Å². The van der Waals surface area contributed by atoms with E-state index in [1.807, 2.05) is 0 Å². The maximum absolute atomic E-state index is 4.09. The summed E-state index contributed by atoms with van der Waals surface area (Å²) in [4.78, 5) is 8.18. The predicted octanol–water partition coefficient (Wildman–Crippen LogP) is 5.05. The highest BCUT2D eigenvalue weighted by Crippen LogP contribution is 2.29. The lowest BCUT2D eigenvalue weighted by atomic mass is 10.3. The molecule has 0 rings (SSSR count). The Labute approximate surface area is 149 Å². The van der Waals surface area contributed by atoms with Crippen molar-refractivity contribution in [1.82, 2.24) is 14.2 Å². The van der Waals surface area contributed by atoms with Crippen molar-refractivity contribution in [2.45, 2.75) is 98.3 Å². The van der Waals surface area contributed by atoms with E-state index in [9.17, 15) is 0 Å². The topological polar surface area (TPSA) is 27.3 Å². The standard InChI is InChI=1S/C18H45N3Si2/c1-8-15-17-19-23(14-7,20-18-16-9-2)21(10-3)22(11-4,12-5)13-6/h19-20H,8-18H2,1-7H3. The Morgan fingerprint density at radius 2 is 1.09 bits per heavy atom. The molecular weight excluding hydrogens is 314 g/mol. The summed E-state index contributed by atoms with van der Waals surface area (Å²) in [6.07, 6.45) is 5.14. The Morgan fingerprint density at radius 1 is 0.652 bits per heavy atom. The SMILES string of the molecule is CCCCN[Si](CC)(NCCCC)N(CC)[Si](CC)(CC)CC. The first-order valence-electron chi connectivity index (χ1n) is 10.3. The van der Waals surface area contributed by atoms with E-state index in [4.69, 9.17) is 0 Å². The van der Waals surface area contributed by atoms with E-state index >= 15 is 0 Å². The van der Waals surface area contributed by atoms with E-state index in [2.05, 4.69) is 62.7 Å². The molecule has 0 fully saturated rings. The van der Waals surface area contributed by atoms with Crippen LogP contribution in [0, 0.1) is 0 Å². The van der Waals surface area contributed by atoms with Gasteiger partial charge in [0.15, 0.2) is 0 Å². The molecule has 23 heavy (non-hydrogen) atoms. The lowest BCUT2D eigenvalue weighted by Crippen LogP contribution is -2.79. The number of nitrogens with one attached hydrogen (secondary N) is 2. The summed E-state index contributed by atoms with van der Waals surface area (Å²) >= 11 is 0. The highest BCUT2D eigenvalue weighted by molar-refractivity contribution is 6.90. The van der Waals surface area contributed by atoms with E-state index in [1.54, 1.807) is 0 Å². The molecule has 0 atom stereocenters. The average molecular weight is 360 g/mol. The Hall–Kier alpha value is 0.314. The molecule has 0 heterocycles. The van der Waals surface area contributed by atoms with E-state index < -0.39 is 16.8 Å². The summed E-state index contributed by atoms with van der Waals surface area (Å²) in [6, 6.07) is 5.41. The summed E-state index contributed by atoms with van der Waals surface area (Å²) in [5.41, 5.74) is 0. The van der Waals surface area contributed by atoms with Gasteiger partial charge in [0.05, 0.1) is 0 Å². The van der Waals surface area contributed by atoms with Crippen molar-refractivity contribution in [2.24, 2.45) is 0 Å². The first-order valence-corrected chi connectivity index (χ1v) is 15.1. The number of rotatable bonds is 15. The minimum absolute atomic E-state index is 1.17. The van der Waals surface area contributed by atoms with Crippen molar-refractivity contribution in [3.05, 3.63) is 0 Å². The molecule has 0 spiro atoms. The van der Waals surface area contributed by atoms with Gasteiger partial charge in [-0.3, -0.25) is 0 Å². The van der Waals surface area contributed by atoms with Crippen LogP contribution in [0.2, 0.25) is 24.2 Å². The molecule has 5 heteroatoms. The van der Waals surface area contributed by atoms with Crippen LogP contribution in [-0.4, -0.2) is 40.7 Å². The van der Waals surface area contributed by atoms with Gasteiger partial charge in [-0.15, -0.1) is 0 Å². The zero-order valence-electron chi connectivity index (χ0n) is 17.2. The summed E-state index contributed by atoms with van der Waals surface area (Å²) in [5, 5.41) is 0. The predicted molar refractivity (Wildman–Crippen MR) is 112 cm³/mol. The van der Waals surface area contributed by atoms with Gasteiger partial charge < -0.3 is 14.2 Å². The van der Waals surface area contributed by atoms with Gasteiger partial charge in [0.1, 0.15) is 8.24 Å². The normalized spacial score (nSPS) is 13.0. The van der Waals surface area contributed by atoms with Crippen molar-refractivity contribution in [2.75, 3.05) is 19.6 Å². The molecule has 0 saturated carbocycles. The molecule has 0 amide bonds. The van der Waals surface area contributed by atoms with E-state index in [0.717, 1.165) is 0 Å². The first kappa shape index (κ1) is 23.3. The first-order chi connectivity index (χ1) is 11.1. The molecule has 2 N–H and O–H groups in total. The fourth-order valence-corrected chi connectivity index (χ4v) is 16.0. The van der Waals surface area contributed by atoms with Crippen LogP contribution in [-0.2, 0) is 0 Å². The average Bonchev–Trinajstić information content (AvgIpc) is 2.59. The Morgan fingerprint density at radius 3 is 1.35 bits per heavy atom. The third-order valence-corrected chi connectivity index (χ3v) is 17.6. The van der Waals surface area contributed by atoms with Crippen LogP contribution < -0.4 is 9.96 Å². The fraction of sp³-hybridized carbons (Fsp3) is 1.00. The molecule has 0 aromatic carbocycles. The lowest BCUT2D eigenvalue weighted by Gasteiger charge is -2.52. The summed E-state index contributed by atoms with van der Waals surface area (Å²) in [7, 11) is -3.13. The second kappa shape index (κ2) is 12.6. The quantitative estimate of drug-likeness (QED) is 0.316. The highest BCUT2D eigenvalue weighted by Gasteiger charge is 2.47. The molecule has 0 aliphatic heterocycles. The number of unbranched alkanes of at least 4 members (excludes halogenated alkanes) is 2. The van der Waals surface area contributed by atoms with E-state index in [1.165, 1.54) is 69.5 Å². The Bertz CT molecular complexity index is 265. The summed E-state index contributed by atoms with van der Waals surface area (Å²) in [6.45, 7) is 20.3. The van der Waals surface area contributed by atoms with Crippen molar-refractivity contribution in [3.63, 3.8) is 0 Å². The smallest absolute Gasteiger partial charge is 0.277 e. The number of nitrogens with zero attached hydrogens (tertiary/aromatic N) is 1. The molecule has 0 aromatic rings. The zero-order chi connectivity index (χ0) is 17.8. The molecule has 0 radical (unpaired) electrons. The van der Waals surface area contributed by atoms with Crippen molar-refractivity contribution in [3.8, 4) is 0 Å². The minimum atomic E-state index is -1.78. The number of hydrogen-bond donors (Lipinski definition) is 2. The molecular formula is C18H45N3Si2. The van der Waals surface area contributed by atoms with Crippen molar-refractivity contribution in [1.29, 1.82) is 0 Å². The molecule has 3 nitrogen and oxygen atoms in total. The minimum Gasteiger partial charge on any atom is -0.321 e. The lowest BCUT2D eigenvalue weighted by molar-refractivity contribution is 0.545. The second-order valence-corrected chi connectivity index (χ2v) is 16.0. The largest absolute Gasteiger partial charge is 0.321 e. The third-order valence-electron chi connectivity index (χ3n) is 5.73. The highest BCUT2D eigenvalue weighted by atomic mass is 28.4. The van der Waals surface area contributed by atoms with Gasteiger partial charge in [0.25, 0.3) is 8.56 Å². The molecule has 0 bridgehead atoms. The third kappa shape index (κ3) is 6.27. The molecule has 140 valence electrons. The van der Waals surface area contributed by atoms with Crippen molar-refractivity contribution >= 4 is 16.8 Å². The van der Waals surface area contributed by atoms with E-state index in [-0.39, 0.29) is 0 Å². The van der Waals surface area contributed by atoms with Gasteiger partial charge in [0.2, 0.25) is 0 Å². The maximum atomic E-state index is 4.09. The van der Waals surface area contributed by atoms with Crippen LogP contribution in [0.15, 0.2) is 0 Å². The van der Waals surface area contributed by atoms with Crippen LogP contribution in [0.1, 0.15) is 74.1 Å². The van der Waals surface area contributed by atoms with Crippen molar-refractivity contribution < 1.29 is 0 Å². The molecule has 0 aliphatic carbocycles. The van der Waals surface area contributed by atoms with Crippen LogP contribution in [0.5, 0.6) is 0 Å². The van der Waals surface area contributed by atoms with Gasteiger partial charge in [-0.2, -0.15) is 0 Å². The zero-order valence-corrected chi connectivity index (χ0v) is 19.2. The maximum Gasteiger partial charge on any atom is 0.277 e. The number of hydrogen-bond acceptors (Lipinski definition) is 3. The molecule has 0 aromatic heterocycles. The van der Waals surface area contributed by atoms with Gasteiger partial charge in [-0.1, -0.05) is 61.3 Å². The Kier molecular flexibility index (Phi) is 12.8. The van der Waals surface area contributed by atoms with E-state index in [0.29, 0.717) is 0 Å². The molecule has 0 saturated heterocycles. The van der Waals surface area contributed by atoms with Crippen LogP contribution in [0.3, 0.4) is 0 Å². The summed E-state index contributed by atoms with van der Waals surface area (Å²) in [5.74, 6) is 0. The van der Waals surface area contributed by atoms with Crippen LogP contribution in [0.4, 0.5) is 0 Å². The molecule has 0 unspecified atom stereocenters. The fourth-order valence-electron chi connectivity index (χ4n) is 3.97. The Balaban J connectivity index is 5.52.